The average molecular weight is 308 g/mol. The summed E-state index contributed by atoms with van der Waals surface area (Å²) in [6, 6.07) is 3.57. The molecule has 0 radical (unpaired) electrons. The smallest absolute Gasteiger partial charge is 0.321 e. The zero-order valence-electron chi connectivity index (χ0n) is 10.2. The van der Waals surface area contributed by atoms with Crippen molar-refractivity contribution in [3.05, 3.63) is 29.0 Å². The Hall–Kier alpha value is -1.04. The lowest BCUT2D eigenvalue weighted by molar-refractivity contribution is 0.193. The van der Waals surface area contributed by atoms with Crippen molar-refractivity contribution in [2.24, 2.45) is 5.73 Å². The highest BCUT2D eigenvalue weighted by Crippen LogP contribution is 2.23. The van der Waals surface area contributed by atoms with E-state index in [1.165, 1.54) is 18.2 Å². The number of benzene rings is 1. The van der Waals surface area contributed by atoms with Gasteiger partial charge in [-0.3, -0.25) is 0 Å². The summed E-state index contributed by atoms with van der Waals surface area (Å²) in [5.41, 5.74) is 6.08. The average Bonchev–Trinajstić information content (AvgIpc) is 2.34. The number of piperidine rings is 1. The topological polar surface area (TPSA) is 58.4 Å². The maximum Gasteiger partial charge on any atom is 0.321 e. The quantitative estimate of drug-likeness (QED) is 0.838. The molecule has 0 saturated carbocycles. The molecule has 2 amide bonds. The molecule has 1 fully saturated rings. The first-order valence-electron chi connectivity index (χ1n) is 5.83. The third-order valence-electron chi connectivity index (χ3n) is 2.92. The Morgan fingerprint density at radius 1 is 1.53 bits per heavy atom. The van der Waals surface area contributed by atoms with Crippen molar-refractivity contribution < 1.29 is 9.18 Å². The number of rotatable bonds is 1. The van der Waals surface area contributed by atoms with E-state index < -0.39 is 5.82 Å². The summed E-state index contributed by atoms with van der Waals surface area (Å²) in [6.07, 6.45) is 1.80. The first-order chi connectivity index (χ1) is 8.56. The maximum atomic E-state index is 13.1. The number of nitrogens with one attached hydrogen (secondary N) is 1. The van der Waals surface area contributed by atoms with Crippen LogP contribution < -0.4 is 11.1 Å². The molecule has 1 aromatic carbocycles. The molecule has 2 rings (SSSR count). The molecule has 1 aliphatic heterocycles. The van der Waals surface area contributed by atoms with Gasteiger partial charge in [-0.2, -0.15) is 0 Å². The fraction of sp³-hybridized carbons (Fsp3) is 0.417. The molecule has 1 heterocycles. The molecule has 1 aromatic rings. The number of halogens is 3. The Balaban J connectivity index is 0.00000180. The van der Waals surface area contributed by atoms with E-state index in [-0.39, 0.29) is 30.2 Å². The van der Waals surface area contributed by atoms with Crippen molar-refractivity contribution in [1.82, 2.24) is 4.90 Å². The molecule has 0 aliphatic carbocycles. The normalized spacial score (nSPS) is 18.7. The fourth-order valence-electron chi connectivity index (χ4n) is 1.98. The Bertz CT molecular complexity index is 459. The number of carbonyl (C=O) groups is 1. The lowest BCUT2D eigenvalue weighted by Crippen LogP contribution is -2.47. The van der Waals surface area contributed by atoms with E-state index in [2.05, 4.69) is 5.32 Å². The summed E-state index contributed by atoms with van der Waals surface area (Å²) in [5, 5.41) is 2.91. The SMILES string of the molecule is Cl.NC1CCCN(C(=O)Nc2cc(F)ccc2Cl)C1. The van der Waals surface area contributed by atoms with Crippen molar-refractivity contribution in [1.29, 1.82) is 0 Å². The number of urea groups is 1. The molecule has 1 aliphatic rings. The van der Waals surface area contributed by atoms with Crippen molar-refractivity contribution in [3.63, 3.8) is 0 Å². The van der Waals surface area contributed by atoms with Gasteiger partial charge in [-0.25, -0.2) is 9.18 Å². The van der Waals surface area contributed by atoms with Gasteiger partial charge in [-0.05, 0) is 31.0 Å². The molecule has 106 valence electrons. The molecular formula is C12H16Cl2FN3O. The number of nitrogens with two attached hydrogens (primary N) is 1. The van der Waals surface area contributed by atoms with Gasteiger partial charge < -0.3 is 16.0 Å². The Morgan fingerprint density at radius 3 is 2.95 bits per heavy atom. The second-order valence-electron chi connectivity index (χ2n) is 4.40. The number of hydrogen-bond donors (Lipinski definition) is 2. The molecule has 4 nitrogen and oxygen atoms in total. The minimum atomic E-state index is -0.440. The molecule has 3 N–H and O–H groups in total. The molecule has 1 atom stereocenters. The van der Waals surface area contributed by atoms with Crippen LogP contribution in [0.5, 0.6) is 0 Å². The number of nitrogens with zero attached hydrogens (tertiary/aromatic N) is 1. The van der Waals surface area contributed by atoms with E-state index >= 15 is 0 Å². The second kappa shape index (κ2) is 6.93. The van der Waals surface area contributed by atoms with E-state index in [0.717, 1.165) is 12.8 Å². The Kier molecular flexibility index (Phi) is 5.85. The number of amides is 2. The zero-order valence-corrected chi connectivity index (χ0v) is 11.8. The summed E-state index contributed by atoms with van der Waals surface area (Å²) in [6.45, 7) is 1.17. The molecular weight excluding hydrogens is 292 g/mol. The van der Waals surface area contributed by atoms with Gasteiger partial charge in [0, 0.05) is 19.1 Å². The van der Waals surface area contributed by atoms with E-state index in [4.69, 9.17) is 17.3 Å². The standard InChI is InChI=1S/C12H15ClFN3O.ClH/c13-10-4-3-8(14)6-11(10)16-12(18)17-5-1-2-9(15)7-17;/h3-4,6,9H,1-2,5,7,15H2,(H,16,18);1H. The van der Waals surface area contributed by atoms with Crippen LogP contribution in [0.15, 0.2) is 18.2 Å². The molecule has 0 spiro atoms. The van der Waals surface area contributed by atoms with Crippen LogP contribution in [0.2, 0.25) is 5.02 Å². The number of hydrogen-bond acceptors (Lipinski definition) is 2. The first kappa shape index (κ1) is 16.0. The number of carbonyl (C=O) groups excluding carboxylic acids is 1. The summed E-state index contributed by atoms with van der Waals surface area (Å²) in [5.74, 6) is -0.440. The van der Waals surface area contributed by atoms with Gasteiger partial charge in [0.2, 0.25) is 0 Å². The maximum absolute atomic E-state index is 13.1. The van der Waals surface area contributed by atoms with Gasteiger partial charge in [0.25, 0.3) is 0 Å². The monoisotopic (exact) mass is 307 g/mol. The predicted molar refractivity (Wildman–Crippen MR) is 76.5 cm³/mol. The van der Waals surface area contributed by atoms with E-state index in [1.807, 2.05) is 0 Å². The second-order valence-corrected chi connectivity index (χ2v) is 4.81. The molecule has 0 bridgehead atoms. The minimum Gasteiger partial charge on any atom is -0.326 e. The number of anilines is 1. The molecule has 7 heteroatoms. The van der Waals surface area contributed by atoms with Gasteiger partial charge in [-0.1, -0.05) is 11.6 Å². The van der Waals surface area contributed by atoms with E-state index in [9.17, 15) is 9.18 Å². The molecule has 0 aromatic heterocycles. The fourth-order valence-corrected chi connectivity index (χ4v) is 2.15. The van der Waals surface area contributed by atoms with Crippen LogP contribution in [-0.2, 0) is 0 Å². The third kappa shape index (κ3) is 4.23. The summed E-state index contributed by atoms with van der Waals surface area (Å²) >= 11 is 5.88. The summed E-state index contributed by atoms with van der Waals surface area (Å²) < 4.78 is 13.1. The van der Waals surface area contributed by atoms with Crippen molar-refractivity contribution >= 4 is 35.7 Å². The van der Waals surface area contributed by atoms with Crippen LogP contribution in [0.25, 0.3) is 0 Å². The van der Waals surface area contributed by atoms with Gasteiger partial charge in [0.05, 0.1) is 10.7 Å². The highest BCUT2D eigenvalue weighted by Gasteiger charge is 2.21. The summed E-state index contributed by atoms with van der Waals surface area (Å²) in [4.78, 5) is 13.6. The van der Waals surface area contributed by atoms with Crippen LogP contribution in [0, 0.1) is 5.82 Å². The third-order valence-corrected chi connectivity index (χ3v) is 3.24. The van der Waals surface area contributed by atoms with Crippen molar-refractivity contribution in [2.45, 2.75) is 18.9 Å². The van der Waals surface area contributed by atoms with Crippen LogP contribution in [0.4, 0.5) is 14.9 Å². The van der Waals surface area contributed by atoms with E-state index in [1.54, 1.807) is 4.90 Å². The molecule has 1 saturated heterocycles. The van der Waals surface area contributed by atoms with Crippen molar-refractivity contribution in [2.75, 3.05) is 18.4 Å². The van der Waals surface area contributed by atoms with Gasteiger partial charge >= 0.3 is 6.03 Å². The Morgan fingerprint density at radius 2 is 2.26 bits per heavy atom. The van der Waals surface area contributed by atoms with Crippen LogP contribution in [0.1, 0.15) is 12.8 Å². The van der Waals surface area contributed by atoms with Gasteiger partial charge in [-0.15, -0.1) is 12.4 Å². The largest absolute Gasteiger partial charge is 0.326 e. The van der Waals surface area contributed by atoms with Crippen LogP contribution in [-0.4, -0.2) is 30.1 Å². The van der Waals surface area contributed by atoms with Gasteiger partial charge in [0.1, 0.15) is 5.82 Å². The highest BCUT2D eigenvalue weighted by molar-refractivity contribution is 6.33. The lowest BCUT2D eigenvalue weighted by atomic mass is 10.1. The Labute approximate surface area is 122 Å². The van der Waals surface area contributed by atoms with Gasteiger partial charge in [0.15, 0.2) is 0 Å². The molecule has 1 unspecified atom stereocenters. The van der Waals surface area contributed by atoms with Crippen LogP contribution >= 0.6 is 24.0 Å². The number of likely N-dealkylation sites (tertiary alicyclic amines) is 1. The minimum absolute atomic E-state index is 0. The zero-order chi connectivity index (χ0) is 13.1. The summed E-state index contributed by atoms with van der Waals surface area (Å²) in [7, 11) is 0. The lowest BCUT2D eigenvalue weighted by Gasteiger charge is -2.30. The van der Waals surface area contributed by atoms with Crippen molar-refractivity contribution in [3.8, 4) is 0 Å². The molecule has 19 heavy (non-hydrogen) atoms. The first-order valence-corrected chi connectivity index (χ1v) is 6.20. The predicted octanol–water partition coefficient (Wildman–Crippen LogP) is 2.86. The van der Waals surface area contributed by atoms with Crippen LogP contribution in [0.3, 0.4) is 0 Å². The van der Waals surface area contributed by atoms with E-state index in [0.29, 0.717) is 18.1 Å². The highest BCUT2D eigenvalue weighted by atomic mass is 35.5.